The van der Waals surface area contributed by atoms with Crippen LogP contribution in [0.3, 0.4) is 0 Å². The largest absolute Gasteiger partial charge is 0.305 e. The Morgan fingerprint density at radius 2 is 1.82 bits per heavy atom. The van der Waals surface area contributed by atoms with E-state index in [-0.39, 0.29) is 24.4 Å². The molecule has 1 atom stereocenters. The molecule has 2 aliphatic rings. The van der Waals surface area contributed by atoms with Crippen LogP contribution >= 0.6 is 0 Å². The van der Waals surface area contributed by atoms with E-state index in [2.05, 4.69) is 23.8 Å². The molecule has 198 valence electrons. The normalized spacial score (nSPS) is 16.5. The summed E-state index contributed by atoms with van der Waals surface area (Å²) >= 11 is 0. The van der Waals surface area contributed by atoms with Crippen molar-refractivity contribution in [3.05, 3.63) is 83.9 Å². The van der Waals surface area contributed by atoms with Gasteiger partial charge in [0, 0.05) is 36.3 Å². The summed E-state index contributed by atoms with van der Waals surface area (Å²) in [7, 11) is 0. The maximum Gasteiger partial charge on any atom is 0.283 e. The van der Waals surface area contributed by atoms with Crippen LogP contribution in [0.1, 0.15) is 36.8 Å². The van der Waals surface area contributed by atoms with Gasteiger partial charge in [-0.1, -0.05) is 19.9 Å². The molecule has 0 N–H and O–H groups in total. The number of aromatic nitrogens is 4. The number of imidazole rings is 1. The number of anilines is 1. The number of hydrogen-bond acceptors (Lipinski definition) is 6. The van der Waals surface area contributed by atoms with Gasteiger partial charge in [0.2, 0.25) is 5.96 Å². The van der Waals surface area contributed by atoms with Gasteiger partial charge in [-0.25, -0.2) is 18.8 Å². The molecule has 3 aromatic heterocycles. The van der Waals surface area contributed by atoms with Crippen molar-refractivity contribution >= 4 is 17.7 Å². The third-order valence-corrected chi connectivity index (χ3v) is 7.19. The van der Waals surface area contributed by atoms with E-state index in [1.807, 2.05) is 40.7 Å². The Hall–Kier alpha value is -4.47. The molecular weight excluding hydrogens is 500 g/mol. The van der Waals surface area contributed by atoms with Crippen LogP contribution in [0, 0.1) is 17.6 Å². The monoisotopic (exact) mass is 527 g/mol. The molecule has 1 amide bonds. The van der Waals surface area contributed by atoms with Crippen molar-refractivity contribution in [1.29, 1.82) is 0 Å². The minimum atomic E-state index is -0.928. The molecule has 10 heteroatoms. The third-order valence-electron chi connectivity index (χ3n) is 7.19. The van der Waals surface area contributed by atoms with Crippen molar-refractivity contribution < 1.29 is 13.6 Å². The number of carbonyl (C=O) groups is 1. The zero-order valence-electron chi connectivity index (χ0n) is 21.8. The van der Waals surface area contributed by atoms with E-state index in [4.69, 9.17) is 9.98 Å². The lowest BCUT2D eigenvalue weighted by atomic mass is 10.1. The van der Waals surface area contributed by atoms with Crippen molar-refractivity contribution in [2.75, 3.05) is 18.0 Å². The summed E-state index contributed by atoms with van der Waals surface area (Å²) < 4.78 is 29.8. The number of aliphatic imine (C=N–C) groups is 1. The molecule has 0 bridgehead atoms. The van der Waals surface area contributed by atoms with E-state index >= 15 is 0 Å². The predicted octanol–water partition coefficient (Wildman–Crippen LogP) is 5.01. The molecule has 39 heavy (non-hydrogen) atoms. The van der Waals surface area contributed by atoms with E-state index in [0.29, 0.717) is 47.5 Å². The SMILES string of the molecule is CCN1C(=O)c2nc(-c3ccc(-c4ccncc4)nc3)n(Cc3ccc(F)c(F)c3)c2N2C[C@@H](C(C)C)N=C12. The van der Waals surface area contributed by atoms with Crippen molar-refractivity contribution in [2.45, 2.75) is 33.4 Å². The summed E-state index contributed by atoms with van der Waals surface area (Å²) in [6.07, 6.45) is 5.12. The number of carbonyl (C=O) groups excluding carboxylic acids is 1. The van der Waals surface area contributed by atoms with Gasteiger partial charge in [0.1, 0.15) is 11.6 Å². The summed E-state index contributed by atoms with van der Waals surface area (Å²) in [6, 6.07) is 11.4. The number of pyridine rings is 2. The van der Waals surface area contributed by atoms with E-state index < -0.39 is 11.6 Å². The first-order valence-corrected chi connectivity index (χ1v) is 12.9. The zero-order chi connectivity index (χ0) is 27.3. The van der Waals surface area contributed by atoms with Gasteiger partial charge in [0.15, 0.2) is 17.3 Å². The topological polar surface area (TPSA) is 79.5 Å². The second-order valence-electron chi connectivity index (χ2n) is 10.0. The molecule has 0 spiro atoms. The second kappa shape index (κ2) is 9.68. The molecule has 0 aliphatic carbocycles. The highest BCUT2D eigenvalue weighted by Crippen LogP contribution is 2.37. The molecule has 5 heterocycles. The van der Waals surface area contributed by atoms with Crippen LogP contribution in [-0.4, -0.2) is 55.4 Å². The molecule has 1 aromatic carbocycles. The van der Waals surface area contributed by atoms with Crippen LogP contribution in [0.25, 0.3) is 22.6 Å². The molecular formula is C29H27F2N7O. The van der Waals surface area contributed by atoms with Crippen molar-refractivity contribution in [1.82, 2.24) is 24.4 Å². The number of amides is 1. The zero-order valence-corrected chi connectivity index (χ0v) is 21.8. The average molecular weight is 528 g/mol. The Labute approximate surface area is 224 Å². The quantitative estimate of drug-likeness (QED) is 0.352. The van der Waals surface area contributed by atoms with Gasteiger partial charge >= 0.3 is 0 Å². The third kappa shape index (κ3) is 4.25. The Bertz CT molecular complexity index is 1580. The van der Waals surface area contributed by atoms with Crippen LogP contribution in [0.5, 0.6) is 0 Å². The smallest absolute Gasteiger partial charge is 0.283 e. The van der Waals surface area contributed by atoms with Gasteiger partial charge in [0.25, 0.3) is 5.91 Å². The fourth-order valence-electron chi connectivity index (χ4n) is 5.06. The summed E-state index contributed by atoms with van der Waals surface area (Å²) in [5.41, 5.74) is 3.23. The minimum Gasteiger partial charge on any atom is -0.305 e. The number of nitrogens with zero attached hydrogens (tertiary/aromatic N) is 7. The van der Waals surface area contributed by atoms with Crippen LogP contribution in [0.2, 0.25) is 0 Å². The summed E-state index contributed by atoms with van der Waals surface area (Å²) in [5, 5.41) is 0. The van der Waals surface area contributed by atoms with Crippen LogP contribution in [0.15, 0.2) is 66.0 Å². The lowest BCUT2D eigenvalue weighted by Crippen LogP contribution is -2.50. The molecule has 8 nitrogen and oxygen atoms in total. The fourth-order valence-corrected chi connectivity index (χ4v) is 5.06. The van der Waals surface area contributed by atoms with Gasteiger partial charge in [-0.2, -0.15) is 0 Å². The molecule has 6 rings (SSSR count). The Morgan fingerprint density at radius 3 is 2.49 bits per heavy atom. The fraction of sp³-hybridized carbons (Fsp3) is 0.276. The molecule has 2 aliphatic heterocycles. The van der Waals surface area contributed by atoms with Gasteiger partial charge in [0.05, 0.1) is 24.8 Å². The van der Waals surface area contributed by atoms with Crippen LogP contribution in [-0.2, 0) is 6.54 Å². The minimum absolute atomic E-state index is 0.00387. The summed E-state index contributed by atoms with van der Waals surface area (Å²) in [5.74, 6) is -0.0987. The maximum absolute atomic E-state index is 14.2. The lowest BCUT2D eigenvalue weighted by Gasteiger charge is -2.33. The van der Waals surface area contributed by atoms with E-state index in [1.54, 1.807) is 23.5 Å². The highest BCUT2D eigenvalue weighted by atomic mass is 19.2. The first-order chi connectivity index (χ1) is 18.9. The predicted molar refractivity (Wildman–Crippen MR) is 144 cm³/mol. The maximum atomic E-state index is 14.2. The van der Waals surface area contributed by atoms with Crippen molar-refractivity contribution in [3.63, 3.8) is 0 Å². The molecule has 4 aromatic rings. The number of rotatable bonds is 6. The number of benzene rings is 1. The second-order valence-corrected chi connectivity index (χ2v) is 10.0. The highest BCUT2D eigenvalue weighted by molar-refractivity contribution is 6.18. The number of guanidine groups is 1. The Morgan fingerprint density at radius 1 is 1.03 bits per heavy atom. The molecule has 0 radical (unpaired) electrons. The van der Waals surface area contributed by atoms with Crippen molar-refractivity contribution in [2.24, 2.45) is 10.9 Å². The van der Waals surface area contributed by atoms with Gasteiger partial charge in [-0.3, -0.25) is 24.6 Å². The first-order valence-electron chi connectivity index (χ1n) is 12.9. The lowest BCUT2D eigenvalue weighted by molar-refractivity contribution is 0.0841. The summed E-state index contributed by atoms with van der Waals surface area (Å²) in [6.45, 7) is 7.33. The van der Waals surface area contributed by atoms with Gasteiger partial charge in [-0.05, 0) is 54.8 Å². The van der Waals surface area contributed by atoms with Gasteiger partial charge in [-0.15, -0.1) is 0 Å². The highest BCUT2D eigenvalue weighted by Gasteiger charge is 2.44. The summed E-state index contributed by atoms with van der Waals surface area (Å²) in [4.78, 5) is 35.7. The standard InChI is InChI=1S/C29H27F2N7O/c1-4-36-28(39)25-27(38-16-24(17(2)3)34-29(36)38)37(15-18-5-7-21(30)22(31)13-18)26(35-25)20-6-8-23(33-14-20)19-9-11-32-12-10-19/h5-14,17,24H,4,15-16H2,1-3H3/t24-/m0/s1. The van der Waals surface area contributed by atoms with Gasteiger partial charge < -0.3 is 4.57 Å². The van der Waals surface area contributed by atoms with E-state index in [9.17, 15) is 13.6 Å². The number of fused-ring (bicyclic) bond motifs is 3. The molecule has 0 fully saturated rings. The van der Waals surface area contributed by atoms with E-state index in [0.717, 1.165) is 17.3 Å². The van der Waals surface area contributed by atoms with Crippen LogP contribution < -0.4 is 4.90 Å². The Balaban J connectivity index is 1.51. The van der Waals surface area contributed by atoms with Crippen LogP contribution in [0.4, 0.5) is 14.6 Å². The first kappa shape index (κ1) is 24.8. The average Bonchev–Trinajstić information content (AvgIpc) is 3.54. The number of hydrogen-bond donors (Lipinski definition) is 0. The molecule has 0 unspecified atom stereocenters. The van der Waals surface area contributed by atoms with Crippen molar-refractivity contribution in [3.8, 4) is 22.6 Å². The Kier molecular flexibility index (Phi) is 6.17. The van der Waals surface area contributed by atoms with E-state index in [1.165, 1.54) is 12.1 Å². The number of halogens is 2. The molecule has 0 saturated carbocycles. The molecule has 0 saturated heterocycles.